The molecule has 10 heteroatoms. The van der Waals surface area contributed by atoms with E-state index < -0.39 is 57.7 Å². The monoisotopic (exact) mass is 416 g/mol. The van der Waals surface area contributed by atoms with Crippen LogP contribution >= 0.6 is 0 Å². The van der Waals surface area contributed by atoms with Crippen molar-refractivity contribution in [2.24, 2.45) is 11.8 Å². The van der Waals surface area contributed by atoms with Gasteiger partial charge in [0.05, 0.1) is 30.2 Å². The van der Waals surface area contributed by atoms with Crippen molar-refractivity contribution in [2.75, 3.05) is 19.7 Å². The van der Waals surface area contributed by atoms with Crippen LogP contribution in [0, 0.1) is 11.8 Å². The number of pyridine rings is 1. The zero-order chi connectivity index (χ0) is 20.5. The molecule has 1 saturated heterocycles. The maximum absolute atomic E-state index is 13.5. The summed E-state index contributed by atoms with van der Waals surface area (Å²) in [5, 5.41) is -1.14. The summed E-state index contributed by atoms with van der Waals surface area (Å²) in [6, 6.07) is 4.46. The molecule has 1 unspecified atom stereocenters. The zero-order valence-corrected chi connectivity index (χ0v) is 16.2. The first-order valence-corrected chi connectivity index (χ1v) is 10.7. The SMILES string of the molecule is CCOC(=O)[C@@H]1CC(S(=O)(=O)c2ccccn2)C[C@H]1C(=O)N1CCC(F)(F)C1. The average molecular weight is 416 g/mol. The number of esters is 1. The summed E-state index contributed by atoms with van der Waals surface area (Å²) in [6.07, 6.45) is 0.687. The van der Waals surface area contributed by atoms with Gasteiger partial charge < -0.3 is 9.64 Å². The Balaban J connectivity index is 1.85. The summed E-state index contributed by atoms with van der Waals surface area (Å²) < 4.78 is 57.8. The van der Waals surface area contributed by atoms with Crippen molar-refractivity contribution in [3.63, 3.8) is 0 Å². The van der Waals surface area contributed by atoms with Crippen LogP contribution < -0.4 is 0 Å². The van der Waals surface area contributed by atoms with Crippen LogP contribution in [0.1, 0.15) is 26.2 Å². The predicted molar refractivity (Wildman–Crippen MR) is 94.2 cm³/mol. The Morgan fingerprint density at radius 3 is 2.57 bits per heavy atom. The largest absolute Gasteiger partial charge is 0.466 e. The van der Waals surface area contributed by atoms with Crippen LogP contribution in [0.15, 0.2) is 29.4 Å². The summed E-state index contributed by atoms with van der Waals surface area (Å²) in [5.41, 5.74) is 0. The number of nitrogens with zero attached hydrogens (tertiary/aromatic N) is 2. The van der Waals surface area contributed by atoms with Crippen molar-refractivity contribution in [1.82, 2.24) is 9.88 Å². The summed E-state index contributed by atoms with van der Waals surface area (Å²) >= 11 is 0. The van der Waals surface area contributed by atoms with Gasteiger partial charge in [-0.25, -0.2) is 22.2 Å². The third-order valence-corrected chi connectivity index (χ3v) is 7.36. The van der Waals surface area contributed by atoms with Gasteiger partial charge in [-0.1, -0.05) is 6.07 Å². The molecule has 3 rings (SSSR count). The van der Waals surface area contributed by atoms with Gasteiger partial charge in [-0.2, -0.15) is 0 Å². The molecule has 0 aromatic carbocycles. The van der Waals surface area contributed by atoms with Gasteiger partial charge in [-0.3, -0.25) is 9.59 Å². The molecule has 0 radical (unpaired) electrons. The first-order chi connectivity index (χ1) is 13.2. The van der Waals surface area contributed by atoms with Crippen LogP contribution in [0.4, 0.5) is 8.78 Å². The second-order valence-electron chi connectivity index (χ2n) is 7.14. The lowest BCUT2D eigenvalue weighted by atomic mass is 9.95. The van der Waals surface area contributed by atoms with Crippen molar-refractivity contribution in [3.8, 4) is 0 Å². The molecule has 1 aromatic rings. The van der Waals surface area contributed by atoms with Crippen molar-refractivity contribution in [2.45, 2.75) is 42.4 Å². The second-order valence-corrected chi connectivity index (χ2v) is 9.31. The molecule has 154 valence electrons. The molecule has 28 heavy (non-hydrogen) atoms. The van der Waals surface area contributed by atoms with E-state index in [-0.39, 0.29) is 31.0 Å². The molecular formula is C18H22F2N2O5S. The fourth-order valence-electron chi connectivity index (χ4n) is 3.87. The molecule has 1 aromatic heterocycles. The third-order valence-electron chi connectivity index (χ3n) is 5.28. The summed E-state index contributed by atoms with van der Waals surface area (Å²) in [7, 11) is -3.87. The first kappa shape index (κ1) is 20.6. The van der Waals surface area contributed by atoms with Gasteiger partial charge in [0.25, 0.3) is 5.92 Å². The average Bonchev–Trinajstić information content (AvgIpc) is 3.26. The van der Waals surface area contributed by atoms with Gasteiger partial charge >= 0.3 is 5.97 Å². The number of rotatable bonds is 5. The first-order valence-electron chi connectivity index (χ1n) is 9.14. The highest BCUT2D eigenvalue weighted by Crippen LogP contribution is 2.41. The quantitative estimate of drug-likeness (QED) is 0.678. The van der Waals surface area contributed by atoms with Crippen LogP contribution in [-0.2, 0) is 24.2 Å². The molecule has 2 aliphatic rings. The van der Waals surface area contributed by atoms with E-state index in [0.29, 0.717) is 0 Å². The van der Waals surface area contributed by atoms with Gasteiger partial charge in [-0.15, -0.1) is 0 Å². The Bertz CT molecular complexity index is 847. The molecule has 7 nitrogen and oxygen atoms in total. The number of ether oxygens (including phenoxy) is 1. The lowest BCUT2D eigenvalue weighted by Crippen LogP contribution is -2.39. The van der Waals surface area contributed by atoms with Crippen molar-refractivity contribution >= 4 is 21.7 Å². The third kappa shape index (κ3) is 4.01. The molecule has 0 N–H and O–H groups in total. The fraction of sp³-hybridized carbons (Fsp3) is 0.611. The Hall–Kier alpha value is -2.10. The van der Waals surface area contributed by atoms with E-state index in [0.717, 1.165) is 4.90 Å². The molecule has 2 heterocycles. The van der Waals surface area contributed by atoms with Gasteiger partial charge in [-0.05, 0) is 31.9 Å². The van der Waals surface area contributed by atoms with Crippen LogP contribution in [0.25, 0.3) is 0 Å². The topological polar surface area (TPSA) is 93.6 Å². The summed E-state index contributed by atoms with van der Waals surface area (Å²) in [6.45, 7) is 0.855. The molecule has 3 atom stereocenters. The van der Waals surface area contributed by atoms with E-state index in [4.69, 9.17) is 4.74 Å². The number of likely N-dealkylation sites (tertiary alicyclic amines) is 1. The molecule has 1 amide bonds. The zero-order valence-electron chi connectivity index (χ0n) is 15.4. The molecule has 2 fully saturated rings. The minimum absolute atomic E-state index is 0.0791. The van der Waals surface area contributed by atoms with Crippen LogP contribution in [-0.4, -0.2) is 61.0 Å². The van der Waals surface area contributed by atoms with E-state index in [2.05, 4.69) is 4.98 Å². The maximum atomic E-state index is 13.5. The Morgan fingerprint density at radius 2 is 2.00 bits per heavy atom. The summed E-state index contributed by atoms with van der Waals surface area (Å²) in [5.74, 6) is -6.24. The second kappa shape index (κ2) is 7.73. The highest BCUT2D eigenvalue weighted by molar-refractivity contribution is 7.92. The van der Waals surface area contributed by atoms with E-state index in [1.165, 1.54) is 18.3 Å². The highest BCUT2D eigenvalue weighted by atomic mass is 32.2. The predicted octanol–water partition coefficient (Wildman–Crippen LogP) is 1.68. The number of halogens is 2. The molecular weight excluding hydrogens is 394 g/mol. The Kier molecular flexibility index (Phi) is 5.69. The molecule has 1 saturated carbocycles. The number of aromatic nitrogens is 1. The van der Waals surface area contributed by atoms with Crippen LogP contribution in [0.3, 0.4) is 0 Å². The minimum atomic E-state index is -3.87. The lowest BCUT2D eigenvalue weighted by Gasteiger charge is -2.23. The number of hydrogen-bond acceptors (Lipinski definition) is 6. The van der Waals surface area contributed by atoms with Crippen molar-refractivity contribution in [3.05, 3.63) is 24.4 Å². The molecule has 1 aliphatic carbocycles. The lowest BCUT2D eigenvalue weighted by molar-refractivity contribution is -0.153. The van der Waals surface area contributed by atoms with Gasteiger partial charge in [0.2, 0.25) is 5.91 Å². The summed E-state index contributed by atoms with van der Waals surface area (Å²) in [4.78, 5) is 30.1. The Labute approximate surface area is 162 Å². The minimum Gasteiger partial charge on any atom is -0.466 e. The standard InChI is InChI=1S/C18H22F2N2O5S/c1-2-27-17(24)14-10-12(28(25,26)15-5-3-4-7-21-15)9-13(14)16(23)22-8-6-18(19,20)11-22/h3-5,7,12-14H,2,6,8-11H2,1H3/t12?,13-,14-/m1/s1. The van der Waals surface area contributed by atoms with Crippen molar-refractivity contribution < 1.29 is 31.5 Å². The van der Waals surface area contributed by atoms with Gasteiger partial charge in [0.1, 0.15) is 0 Å². The van der Waals surface area contributed by atoms with E-state index in [1.807, 2.05) is 0 Å². The number of carbonyl (C=O) groups excluding carboxylic acids is 2. The van der Waals surface area contributed by atoms with E-state index >= 15 is 0 Å². The van der Waals surface area contributed by atoms with E-state index in [1.54, 1.807) is 13.0 Å². The highest BCUT2D eigenvalue weighted by Gasteiger charge is 2.51. The number of hydrogen-bond donors (Lipinski definition) is 0. The number of sulfone groups is 1. The molecule has 1 aliphatic heterocycles. The Morgan fingerprint density at radius 1 is 1.29 bits per heavy atom. The normalized spacial score (nSPS) is 27.0. The maximum Gasteiger partial charge on any atom is 0.309 e. The van der Waals surface area contributed by atoms with E-state index in [9.17, 15) is 26.8 Å². The molecule has 0 bridgehead atoms. The molecule has 0 spiro atoms. The van der Waals surface area contributed by atoms with Crippen molar-refractivity contribution in [1.29, 1.82) is 0 Å². The fourth-order valence-corrected chi connectivity index (χ4v) is 5.61. The van der Waals surface area contributed by atoms with Crippen LogP contribution in [0.5, 0.6) is 0 Å². The van der Waals surface area contributed by atoms with Crippen LogP contribution in [0.2, 0.25) is 0 Å². The van der Waals surface area contributed by atoms with Gasteiger partial charge in [0, 0.05) is 19.2 Å². The smallest absolute Gasteiger partial charge is 0.309 e. The number of alkyl halides is 2. The number of carbonyl (C=O) groups is 2. The van der Waals surface area contributed by atoms with Gasteiger partial charge in [0.15, 0.2) is 14.9 Å². The number of amides is 1.